The summed E-state index contributed by atoms with van der Waals surface area (Å²) in [5, 5.41) is 7.43. The van der Waals surface area contributed by atoms with Gasteiger partial charge in [-0.3, -0.25) is 14.3 Å². The first kappa shape index (κ1) is 20.6. The number of hydrogen-bond acceptors (Lipinski definition) is 6. The van der Waals surface area contributed by atoms with Crippen LogP contribution in [-0.2, 0) is 7.05 Å². The lowest BCUT2D eigenvalue weighted by Crippen LogP contribution is -2.46. The molecule has 2 amide bonds. The highest BCUT2D eigenvalue weighted by molar-refractivity contribution is 7.19. The van der Waals surface area contributed by atoms with Crippen LogP contribution in [0.4, 0.5) is 9.52 Å². The summed E-state index contributed by atoms with van der Waals surface area (Å²) in [4.78, 5) is 32.7. The first-order chi connectivity index (χ1) is 15.3. The van der Waals surface area contributed by atoms with E-state index in [0.29, 0.717) is 41.1 Å². The van der Waals surface area contributed by atoms with Crippen molar-refractivity contribution in [2.24, 2.45) is 18.9 Å². The van der Waals surface area contributed by atoms with Gasteiger partial charge in [-0.05, 0) is 48.9 Å². The molecular weight excluding hydrogens is 431 g/mol. The van der Waals surface area contributed by atoms with Crippen LogP contribution < -0.4 is 11.1 Å². The Hall–Kier alpha value is -3.27. The Morgan fingerprint density at radius 3 is 2.88 bits per heavy atom. The van der Waals surface area contributed by atoms with Gasteiger partial charge in [0.25, 0.3) is 11.8 Å². The number of aromatic nitrogens is 3. The Morgan fingerprint density at radius 1 is 1.34 bits per heavy atom. The average molecular weight is 455 g/mol. The number of nitrogens with one attached hydrogen (secondary N) is 1. The lowest BCUT2D eigenvalue weighted by Gasteiger charge is -2.27. The molecule has 1 saturated heterocycles. The van der Waals surface area contributed by atoms with Crippen LogP contribution in [0.2, 0.25) is 0 Å². The maximum absolute atomic E-state index is 13.8. The van der Waals surface area contributed by atoms with Crippen LogP contribution in [0, 0.1) is 24.6 Å². The molecule has 0 radical (unpaired) electrons. The molecule has 3 atom stereocenters. The zero-order valence-electron chi connectivity index (χ0n) is 17.7. The Kier molecular flexibility index (Phi) is 4.96. The van der Waals surface area contributed by atoms with Gasteiger partial charge in [0.1, 0.15) is 17.2 Å². The number of rotatable bonds is 5. The first-order valence-electron chi connectivity index (χ1n) is 10.4. The fourth-order valence-electron chi connectivity index (χ4n) is 4.62. The van der Waals surface area contributed by atoms with Crippen LogP contribution in [-0.4, -0.2) is 50.6 Å². The third-order valence-corrected chi connectivity index (χ3v) is 7.14. The summed E-state index contributed by atoms with van der Waals surface area (Å²) < 4.78 is 15.3. The van der Waals surface area contributed by atoms with Gasteiger partial charge in [0.15, 0.2) is 5.13 Å². The number of carbonyl (C=O) groups is 2. The van der Waals surface area contributed by atoms with E-state index < -0.39 is 0 Å². The first-order valence-corrected chi connectivity index (χ1v) is 11.3. The summed E-state index contributed by atoms with van der Waals surface area (Å²) in [5.74, 6) is -0.0428. The van der Waals surface area contributed by atoms with E-state index in [1.54, 1.807) is 34.8 Å². The molecule has 5 rings (SSSR count). The van der Waals surface area contributed by atoms with Crippen molar-refractivity contribution in [2.75, 3.05) is 18.8 Å². The summed E-state index contributed by atoms with van der Waals surface area (Å²) in [6.45, 7) is 2.80. The number of benzene rings is 1. The van der Waals surface area contributed by atoms with Gasteiger partial charge in [-0.1, -0.05) is 23.5 Å². The van der Waals surface area contributed by atoms with Gasteiger partial charge in [-0.15, -0.1) is 0 Å². The number of amides is 2. The highest BCUT2D eigenvalue weighted by Gasteiger charge is 2.54. The Labute approximate surface area is 188 Å². The number of nitrogen functional groups attached to an aromatic ring is 1. The van der Waals surface area contributed by atoms with Crippen LogP contribution in [0.15, 0.2) is 30.3 Å². The number of thiazole rings is 1. The predicted octanol–water partition coefficient (Wildman–Crippen LogP) is 2.46. The number of likely N-dealkylation sites (tertiary alicyclic amines) is 1. The zero-order valence-corrected chi connectivity index (χ0v) is 18.5. The maximum atomic E-state index is 13.8. The molecule has 0 bridgehead atoms. The number of carbonyl (C=O) groups excluding carboxylic acids is 2. The number of hydrogen-bond donors (Lipinski definition) is 2. The summed E-state index contributed by atoms with van der Waals surface area (Å²) in [6.07, 6.45) is 1.05. The SMILES string of the molecule is Cc1cc(C(=O)NC[C@@H]2[C@H]3C[C@H]3CN2C(=O)c2nc(N)sc2-c2cccc(F)c2)n(C)n1. The van der Waals surface area contributed by atoms with Crippen LogP contribution in [0.25, 0.3) is 10.4 Å². The molecule has 1 aliphatic heterocycles. The fraction of sp³-hybridized carbons (Fsp3) is 0.364. The topological polar surface area (TPSA) is 106 Å². The summed E-state index contributed by atoms with van der Waals surface area (Å²) in [5.41, 5.74) is 7.97. The van der Waals surface area contributed by atoms with Gasteiger partial charge >= 0.3 is 0 Å². The highest BCUT2D eigenvalue weighted by Crippen LogP contribution is 2.50. The molecule has 166 valence electrons. The van der Waals surface area contributed by atoms with Gasteiger partial charge < -0.3 is 16.0 Å². The second kappa shape index (κ2) is 7.70. The van der Waals surface area contributed by atoms with Crippen LogP contribution in [0.5, 0.6) is 0 Å². The number of nitrogens with two attached hydrogens (primary N) is 1. The van der Waals surface area contributed by atoms with E-state index in [4.69, 9.17) is 5.73 Å². The van der Waals surface area contributed by atoms with Crippen molar-refractivity contribution >= 4 is 28.3 Å². The Balaban J connectivity index is 1.36. The van der Waals surface area contributed by atoms with Gasteiger partial charge in [0.05, 0.1) is 16.6 Å². The minimum absolute atomic E-state index is 0.117. The van der Waals surface area contributed by atoms with E-state index in [9.17, 15) is 14.0 Å². The molecule has 2 aromatic heterocycles. The fourth-order valence-corrected chi connectivity index (χ4v) is 5.44. The predicted molar refractivity (Wildman–Crippen MR) is 119 cm³/mol. The molecule has 1 aliphatic carbocycles. The maximum Gasteiger partial charge on any atom is 0.274 e. The number of aryl methyl sites for hydroxylation is 2. The van der Waals surface area contributed by atoms with E-state index in [-0.39, 0.29) is 34.5 Å². The Morgan fingerprint density at radius 2 is 2.16 bits per heavy atom. The van der Waals surface area contributed by atoms with Crippen LogP contribution >= 0.6 is 11.3 Å². The summed E-state index contributed by atoms with van der Waals surface area (Å²) in [6, 6.07) is 7.68. The molecular formula is C22H23FN6O2S. The zero-order chi connectivity index (χ0) is 22.6. The van der Waals surface area contributed by atoms with Gasteiger partial charge in [-0.2, -0.15) is 5.10 Å². The van der Waals surface area contributed by atoms with Crippen molar-refractivity contribution in [3.63, 3.8) is 0 Å². The Bertz CT molecular complexity index is 1220. The normalized spacial score (nSPS) is 21.5. The molecule has 8 nitrogen and oxygen atoms in total. The van der Waals surface area contributed by atoms with E-state index >= 15 is 0 Å². The molecule has 32 heavy (non-hydrogen) atoms. The standard InChI is InChI=1S/C22H23FN6O2S/c1-11-6-16(28(2)27-11)20(30)25-9-17-15-8-13(15)10-29(17)21(31)18-19(32-22(24)26-18)12-4-3-5-14(23)7-12/h3-7,13,15,17H,8-10H2,1-2H3,(H2,24,26)(H,25,30)/t13-,15-,17+/m0/s1. The molecule has 1 aromatic carbocycles. The van der Waals surface area contributed by atoms with Crippen molar-refractivity contribution in [3.05, 3.63) is 53.2 Å². The molecule has 10 heteroatoms. The number of anilines is 1. The van der Waals surface area contributed by atoms with Crippen molar-refractivity contribution < 1.29 is 14.0 Å². The smallest absolute Gasteiger partial charge is 0.274 e. The largest absolute Gasteiger partial charge is 0.375 e. The van der Waals surface area contributed by atoms with E-state index in [2.05, 4.69) is 15.4 Å². The van der Waals surface area contributed by atoms with Crippen LogP contribution in [0.3, 0.4) is 0 Å². The van der Waals surface area contributed by atoms with Crippen molar-refractivity contribution in [1.82, 2.24) is 25.0 Å². The lowest BCUT2D eigenvalue weighted by molar-refractivity contribution is 0.0690. The monoisotopic (exact) mass is 454 g/mol. The van der Waals surface area contributed by atoms with E-state index in [0.717, 1.165) is 12.1 Å². The second-order valence-electron chi connectivity index (χ2n) is 8.43. The van der Waals surface area contributed by atoms with Gasteiger partial charge in [0.2, 0.25) is 0 Å². The number of halogens is 1. The lowest BCUT2D eigenvalue weighted by atomic mass is 10.1. The third kappa shape index (κ3) is 3.64. The quantitative estimate of drug-likeness (QED) is 0.616. The second-order valence-corrected chi connectivity index (χ2v) is 9.46. The molecule has 0 spiro atoms. The van der Waals surface area contributed by atoms with Crippen molar-refractivity contribution in [1.29, 1.82) is 0 Å². The van der Waals surface area contributed by atoms with E-state index in [1.807, 2.05) is 6.92 Å². The summed E-state index contributed by atoms with van der Waals surface area (Å²) in [7, 11) is 1.73. The molecule has 2 fully saturated rings. The minimum Gasteiger partial charge on any atom is -0.375 e. The average Bonchev–Trinajstić information content (AvgIpc) is 3.07. The van der Waals surface area contributed by atoms with Gasteiger partial charge in [-0.25, -0.2) is 9.37 Å². The molecule has 0 unspecified atom stereocenters. The van der Waals surface area contributed by atoms with E-state index in [1.165, 1.54) is 23.5 Å². The number of nitrogens with zero attached hydrogens (tertiary/aromatic N) is 4. The van der Waals surface area contributed by atoms with Crippen molar-refractivity contribution in [3.8, 4) is 10.4 Å². The van der Waals surface area contributed by atoms with Gasteiger partial charge in [0, 0.05) is 20.1 Å². The highest BCUT2D eigenvalue weighted by atomic mass is 32.1. The molecule has 1 saturated carbocycles. The van der Waals surface area contributed by atoms with Crippen molar-refractivity contribution in [2.45, 2.75) is 19.4 Å². The summed E-state index contributed by atoms with van der Waals surface area (Å²) >= 11 is 1.17. The molecule has 2 aliphatic rings. The number of piperidine rings is 1. The molecule has 3 aromatic rings. The number of fused-ring (bicyclic) bond motifs is 1. The molecule has 3 N–H and O–H groups in total. The minimum atomic E-state index is -0.388. The third-order valence-electron chi connectivity index (χ3n) is 6.20. The van der Waals surface area contributed by atoms with Crippen LogP contribution in [0.1, 0.15) is 33.1 Å². The molecule has 3 heterocycles.